The van der Waals surface area contributed by atoms with Gasteiger partial charge in [0.25, 0.3) is 5.91 Å². The second kappa shape index (κ2) is 8.24. The molecule has 2 aromatic heterocycles. The van der Waals surface area contributed by atoms with Crippen molar-refractivity contribution >= 4 is 17.7 Å². The highest BCUT2D eigenvalue weighted by molar-refractivity contribution is 6.02. The lowest BCUT2D eigenvalue weighted by atomic mass is 10.1. The molecule has 26 heavy (non-hydrogen) atoms. The third-order valence-electron chi connectivity index (χ3n) is 3.72. The van der Waals surface area contributed by atoms with Gasteiger partial charge in [0.05, 0.1) is 0 Å². The fourth-order valence-electron chi connectivity index (χ4n) is 2.51. The lowest BCUT2D eigenvalue weighted by molar-refractivity contribution is 0.102. The lowest BCUT2D eigenvalue weighted by Gasteiger charge is -2.08. The molecule has 7 nitrogen and oxygen atoms in total. The van der Waals surface area contributed by atoms with Gasteiger partial charge in [-0.05, 0) is 38.3 Å². The average Bonchev–Trinajstić information content (AvgIpc) is 3.04. The van der Waals surface area contributed by atoms with Crippen molar-refractivity contribution in [1.82, 2.24) is 15.1 Å². The number of carbonyl (C=O) groups is 1. The van der Waals surface area contributed by atoms with Crippen LogP contribution in [0.2, 0.25) is 0 Å². The Morgan fingerprint density at radius 2 is 1.92 bits per heavy atom. The Morgan fingerprint density at radius 1 is 1.12 bits per heavy atom. The number of benzene rings is 1. The van der Waals surface area contributed by atoms with Crippen LogP contribution in [0.5, 0.6) is 0 Å². The number of carbonyl (C=O) groups excluding carboxylic acids is 1. The maximum absolute atomic E-state index is 12.3. The first-order chi connectivity index (χ1) is 12.6. The number of amides is 1. The molecule has 0 aliphatic heterocycles. The van der Waals surface area contributed by atoms with Gasteiger partial charge < -0.3 is 15.2 Å². The Balaban J connectivity index is 1.57. The number of anilines is 2. The van der Waals surface area contributed by atoms with Gasteiger partial charge >= 0.3 is 0 Å². The van der Waals surface area contributed by atoms with E-state index >= 15 is 0 Å². The minimum Gasteiger partial charge on any atom is -0.360 e. The molecule has 7 heteroatoms. The number of aromatic nitrogens is 3. The van der Waals surface area contributed by atoms with Crippen molar-refractivity contribution < 1.29 is 9.32 Å². The maximum atomic E-state index is 12.3. The molecule has 0 aliphatic rings. The normalized spacial score (nSPS) is 10.5. The van der Waals surface area contributed by atoms with Crippen molar-refractivity contribution in [3.8, 4) is 0 Å². The predicted octanol–water partition coefficient (Wildman–Crippen LogP) is 3.38. The van der Waals surface area contributed by atoms with E-state index < -0.39 is 0 Å². The molecule has 0 atom stereocenters. The molecule has 0 radical (unpaired) electrons. The summed E-state index contributed by atoms with van der Waals surface area (Å²) >= 11 is 0. The van der Waals surface area contributed by atoms with E-state index in [4.69, 9.17) is 4.52 Å². The molecular formula is C19H21N5O2. The molecule has 0 saturated carbocycles. The van der Waals surface area contributed by atoms with Crippen molar-refractivity contribution in [2.24, 2.45) is 0 Å². The lowest BCUT2D eigenvalue weighted by Crippen LogP contribution is -2.16. The van der Waals surface area contributed by atoms with Gasteiger partial charge in [0.2, 0.25) is 5.95 Å². The second-order valence-corrected chi connectivity index (χ2v) is 6.01. The van der Waals surface area contributed by atoms with E-state index in [0.29, 0.717) is 23.2 Å². The van der Waals surface area contributed by atoms with Crippen LogP contribution in [-0.2, 0) is 6.42 Å². The fourth-order valence-corrected chi connectivity index (χ4v) is 2.51. The van der Waals surface area contributed by atoms with Crippen LogP contribution in [0.15, 0.2) is 47.0 Å². The van der Waals surface area contributed by atoms with Crippen LogP contribution in [0.4, 0.5) is 11.8 Å². The van der Waals surface area contributed by atoms with E-state index in [9.17, 15) is 4.79 Å². The highest BCUT2D eigenvalue weighted by Crippen LogP contribution is 2.11. The molecule has 1 aromatic carbocycles. The molecular weight excluding hydrogens is 330 g/mol. The summed E-state index contributed by atoms with van der Waals surface area (Å²) in [5.74, 6) is 1.08. The topological polar surface area (TPSA) is 92.9 Å². The van der Waals surface area contributed by atoms with Gasteiger partial charge in [-0.2, -0.15) is 0 Å². The SMILES string of the molecule is Cc1cc(C(=O)Nc2cc(C)on2)nc(NCCCc2ccccc2)n1. The third-order valence-corrected chi connectivity index (χ3v) is 3.72. The summed E-state index contributed by atoms with van der Waals surface area (Å²) in [6.45, 7) is 4.31. The molecule has 0 unspecified atom stereocenters. The zero-order valence-corrected chi connectivity index (χ0v) is 14.8. The second-order valence-electron chi connectivity index (χ2n) is 6.01. The Bertz CT molecular complexity index is 877. The van der Waals surface area contributed by atoms with E-state index in [2.05, 4.69) is 37.9 Å². The summed E-state index contributed by atoms with van der Waals surface area (Å²) in [4.78, 5) is 21.0. The summed E-state index contributed by atoms with van der Waals surface area (Å²) in [6, 6.07) is 13.6. The molecule has 2 N–H and O–H groups in total. The standard InChI is InChI=1S/C19H21N5O2/c1-13-11-16(18(25)23-17-12-14(2)26-24-17)22-19(21-13)20-10-6-9-15-7-4-3-5-8-15/h3-5,7-8,11-12H,6,9-10H2,1-2H3,(H,20,21,22)(H,23,24,25). The van der Waals surface area contributed by atoms with Crippen LogP contribution in [0.25, 0.3) is 0 Å². The number of aryl methyl sites for hydroxylation is 3. The first kappa shape index (κ1) is 17.6. The van der Waals surface area contributed by atoms with Crippen LogP contribution in [0, 0.1) is 13.8 Å². The molecule has 0 bridgehead atoms. The number of rotatable bonds is 7. The molecule has 3 aromatic rings. The summed E-state index contributed by atoms with van der Waals surface area (Å²) in [5.41, 5.74) is 2.29. The molecule has 0 spiro atoms. The molecule has 134 valence electrons. The zero-order valence-electron chi connectivity index (χ0n) is 14.8. The molecule has 0 aliphatic carbocycles. The Labute approximate surface area is 151 Å². The molecule has 0 fully saturated rings. The molecule has 3 rings (SSSR count). The Morgan fingerprint density at radius 3 is 2.65 bits per heavy atom. The van der Waals surface area contributed by atoms with Gasteiger partial charge in [-0.1, -0.05) is 35.5 Å². The molecule has 1 amide bonds. The summed E-state index contributed by atoms with van der Waals surface area (Å²) < 4.78 is 4.94. The van der Waals surface area contributed by atoms with Gasteiger partial charge in [-0.15, -0.1) is 0 Å². The summed E-state index contributed by atoms with van der Waals surface area (Å²) in [6.07, 6.45) is 1.92. The number of hydrogen-bond acceptors (Lipinski definition) is 6. The first-order valence-electron chi connectivity index (χ1n) is 8.48. The van der Waals surface area contributed by atoms with E-state index in [0.717, 1.165) is 19.4 Å². The van der Waals surface area contributed by atoms with Crippen LogP contribution < -0.4 is 10.6 Å². The van der Waals surface area contributed by atoms with Gasteiger partial charge in [-0.25, -0.2) is 9.97 Å². The van der Waals surface area contributed by atoms with Crippen LogP contribution >= 0.6 is 0 Å². The van der Waals surface area contributed by atoms with Gasteiger partial charge in [0.15, 0.2) is 5.82 Å². The highest BCUT2D eigenvalue weighted by atomic mass is 16.5. The maximum Gasteiger partial charge on any atom is 0.275 e. The van der Waals surface area contributed by atoms with Gasteiger partial charge in [0.1, 0.15) is 11.5 Å². The van der Waals surface area contributed by atoms with E-state index in [1.54, 1.807) is 19.1 Å². The van der Waals surface area contributed by atoms with Crippen molar-refractivity contribution in [3.63, 3.8) is 0 Å². The number of nitrogens with zero attached hydrogens (tertiary/aromatic N) is 3. The monoisotopic (exact) mass is 351 g/mol. The van der Waals surface area contributed by atoms with Crippen LogP contribution in [-0.4, -0.2) is 27.6 Å². The first-order valence-corrected chi connectivity index (χ1v) is 8.48. The fraction of sp³-hybridized carbons (Fsp3) is 0.263. The van der Waals surface area contributed by atoms with E-state index in [1.807, 2.05) is 25.1 Å². The minimum absolute atomic E-state index is 0.281. The molecule has 0 saturated heterocycles. The predicted molar refractivity (Wildman–Crippen MR) is 99.2 cm³/mol. The average molecular weight is 351 g/mol. The number of nitrogens with one attached hydrogen (secondary N) is 2. The largest absolute Gasteiger partial charge is 0.360 e. The van der Waals surface area contributed by atoms with Crippen molar-refractivity contribution in [1.29, 1.82) is 0 Å². The van der Waals surface area contributed by atoms with Crippen LogP contribution in [0.3, 0.4) is 0 Å². The Hall–Kier alpha value is -3.22. The number of hydrogen-bond donors (Lipinski definition) is 2. The zero-order chi connectivity index (χ0) is 18.4. The summed E-state index contributed by atoms with van der Waals surface area (Å²) in [7, 11) is 0. The van der Waals surface area contributed by atoms with E-state index in [1.165, 1.54) is 5.56 Å². The third kappa shape index (κ3) is 4.89. The highest BCUT2D eigenvalue weighted by Gasteiger charge is 2.12. The van der Waals surface area contributed by atoms with Crippen molar-refractivity contribution in [2.45, 2.75) is 26.7 Å². The summed E-state index contributed by atoms with van der Waals surface area (Å²) in [5, 5.41) is 9.59. The van der Waals surface area contributed by atoms with Gasteiger partial charge in [-0.3, -0.25) is 4.79 Å². The quantitative estimate of drug-likeness (QED) is 0.634. The van der Waals surface area contributed by atoms with Crippen LogP contribution in [0.1, 0.15) is 33.9 Å². The van der Waals surface area contributed by atoms with E-state index in [-0.39, 0.29) is 11.6 Å². The smallest absolute Gasteiger partial charge is 0.275 e. The van der Waals surface area contributed by atoms with Crippen molar-refractivity contribution in [3.05, 3.63) is 65.2 Å². The Kier molecular flexibility index (Phi) is 5.58. The minimum atomic E-state index is -0.351. The van der Waals surface area contributed by atoms with Crippen molar-refractivity contribution in [2.75, 3.05) is 17.2 Å². The molecule has 2 heterocycles. The van der Waals surface area contributed by atoms with Gasteiger partial charge in [0, 0.05) is 18.3 Å².